The van der Waals surface area contributed by atoms with Gasteiger partial charge in [0.25, 0.3) is 0 Å². The number of imide groups is 1. The fourth-order valence-corrected chi connectivity index (χ4v) is 15.2. The molecule has 36 heteroatoms. The van der Waals surface area contributed by atoms with Gasteiger partial charge >= 0.3 is 12.1 Å². The van der Waals surface area contributed by atoms with Crippen LogP contribution in [0.3, 0.4) is 0 Å². The molecule has 35 nitrogen and oxygen atoms in total. The van der Waals surface area contributed by atoms with Crippen molar-refractivity contribution < 1.29 is 127 Å². The molecule has 0 spiro atoms. The lowest BCUT2D eigenvalue weighted by atomic mass is 9.89. The number of carbonyl (C=O) groups excluding carboxylic acids is 10. The van der Waals surface area contributed by atoms with E-state index in [-0.39, 0.29) is 61.7 Å². The van der Waals surface area contributed by atoms with Crippen LogP contribution in [-0.4, -0.2) is 294 Å². The fraction of sp³-hybridized carbons (Fsp3) is 0.713. The molecule has 116 heavy (non-hydrogen) atoms. The molecule has 3 fully saturated rings. The Hall–Kier alpha value is -7.18. The number of carboxylic acids is 1. The van der Waals surface area contributed by atoms with Gasteiger partial charge in [-0.25, -0.2) is 9.59 Å². The second-order valence-electron chi connectivity index (χ2n) is 31.9. The molecule has 0 aliphatic carbocycles. The van der Waals surface area contributed by atoms with Gasteiger partial charge in [-0.05, 0) is 86.5 Å². The smallest absolute Gasteiger partial charge is 0.410 e. The number of methoxy groups -OCH3 is 2. The number of hydrogen-bond donors (Lipinski definition) is 13. The van der Waals surface area contributed by atoms with Gasteiger partial charge in [0, 0.05) is 63.4 Å². The predicted octanol–water partition coefficient (Wildman–Crippen LogP) is 2.62. The molecule has 0 bridgehead atoms. The van der Waals surface area contributed by atoms with Gasteiger partial charge in [0.05, 0.1) is 67.9 Å². The van der Waals surface area contributed by atoms with Crippen molar-refractivity contribution >= 4 is 93.5 Å². The van der Waals surface area contributed by atoms with Crippen molar-refractivity contribution in [2.24, 2.45) is 35.5 Å². The first-order chi connectivity index (χ1) is 54.5. The molecule has 21 atom stereocenters. The molecule has 3 aliphatic heterocycles. The molecule has 10 amide bonds. The van der Waals surface area contributed by atoms with Crippen molar-refractivity contribution in [2.45, 2.75) is 274 Å². The molecule has 3 aliphatic rings. The molecule has 0 radical (unpaired) electrons. The number of rotatable bonds is 46. The van der Waals surface area contributed by atoms with Crippen LogP contribution in [0.25, 0.3) is 0 Å². The van der Waals surface area contributed by atoms with Crippen LogP contribution >= 0.6 is 22.6 Å². The Balaban J connectivity index is 1.23. The van der Waals surface area contributed by atoms with E-state index in [9.17, 15) is 93.6 Å². The Kier molecular flexibility index (Phi) is 39.8. The molecule has 2 aromatic carbocycles. The van der Waals surface area contributed by atoms with E-state index >= 15 is 0 Å². The zero-order valence-electron chi connectivity index (χ0n) is 69.6. The molecule has 3 heterocycles. The summed E-state index contributed by atoms with van der Waals surface area (Å²) >= 11 is 2.16. The predicted molar refractivity (Wildman–Crippen MR) is 428 cm³/mol. The molecule has 2 aromatic rings. The number of carboxylic acid groups (broad SMARTS) is 1. The second-order valence-corrected chi connectivity index (χ2v) is 34.7. The maximum absolute atomic E-state index is 15.0. The number of likely N-dealkylation sites (N-methyl/N-ethyl adjacent to an activating group) is 2. The van der Waals surface area contributed by atoms with Gasteiger partial charge in [0.1, 0.15) is 61.3 Å². The number of aliphatic hydroxyl groups is 7. The Bertz CT molecular complexity index is 3540. The topological polar surface area (TPSA) is 487 Å². The number of benzene rings is 2. The van der Waals surface area contributed by atoms with E-state index in [0.29, 0.717) is 56.2 Å². The summed E-state index contributed by atoms with van der Waals surface area (Å²) in [6.07, 6.45) is -17.3. The second kappa shape index (κ2) is 46.4. The monoisotopic (exact) mass is 1760 g/mol. The van der Waals surface area contributed by atoms with Gasteiger partial charge in [0.2, 0.25) is 65.7 Å². The minimum Gasteiger partial charge on any atom is -0.479 e. The highest BCUT2D eigenvalue weighted by Gasteiger charge is 2.49. The summed E-state index contributed by atoms with van der Waals surface area (Å²) in [5, 5.41) is 95.5. The maximum atomic E-state index is 15.0. The van der Waals surface area contributed by atoms with E-state index in [1.54, 1.807) is 97.7 Å². The third kappa shape index (κ3) is 27.4. The summed E-state index contributed by atoms with van der Waals surface area (Å²) in [6.45, 7) is 21.0. The van der Waals surface area contributed by atoms with Crippen LogP contribution in [0.15, 0.2) is 54.6 Å². The number of aliphatic carboxylic acids is 1. The van der Waals surface area contributed by atoms with Crippen LogP contribution in [0, 0.1) is 35.5 Å². The van der Waals surface area contributed by atoms with E-state index in [1.807, 2.05) is 27.7 Å². The van der Waals surface area contributed by atoms with Gasteiger partial charge in [0.15, 0.2) is 12.4 Å². The number of ether oxygens (including phenoxy) is 7. The SMILES string of the molecule is CCC(C)C(C(CC(=O)N1CCCC1C(OC)C(C)C(=O)NC(C)C(OC(OC(C(=O)O)C(C)O)C(O)O)c1ccccc1)OC)N(C)C(=O)C(NC(=O)C(C(C)C)N(C)C(=O)OCc1ccc(NC(=O)C(COC2OC(CO)C(O)C(O)C2O)NC(=O)C(NC(=O)CCCCCN2C(=O)CC(C(C)(C)I)C2=O)C(C)C)cc1)C(C)C. The normalized spacial score (nSPS) is 22.3. The van der Waals surface area contributed by atoms with Crippen molar-refractivity contribution in [3.63, 3.8) is 0 Å². The molecule has 13 N–H and O–H groups in total. The van der Waals surface area contributed by atoms with Crippen molar-refractivity contribution in [3.05, 3.63) is 65.7 Å². The molecular formula is C80H126IN9O26. The lowest BCUT2D eigenvalue weighted by molar-refractivity contribution is -0.301. The fourth-order valence-electron chi connectivity index (χ4n) is 14.7. The van der Waals surface area contributed by atoms with Gasteiger partial charge < -0.3 is 110 Å². The lowest BCUT2D eigenvalue weighted by Gasteiger charge is -2.41. The maximum Gasteiger partial charge on any atom is 0.410 e. The Morgan fingerprint density at radius 3 is 1.91 bits per heavy atom. The summed E-state index contributed by atoms with van der Waals surface area (Å²) in [5.41, 5.74) is 1.05. The van der Waals surface area contributed by atoms with Crippen molar-refractivity contribution in [2.75, 3.05) is 59.9 Å². The Morgan fingerprint density at radius 1 is 0.733 bits per heavy atom. The van der Waals surface area contributed by atoms with Gasteiger partial charge in [-0.2, -0.15) is 0 Å². The molecule has 21 unspecified atom stereocenters. The zero-order valence-corrected chi connectivity index (χ0v) is 71.8. The summed E-state index contributed by atoms with van der Waals surface area (Å²) in [5.74, 6) is -9.40. The minimum absolute atomic E-state index is 0.00486. The highest BCUT2D eigenvalue weighted by Crippen LogP contribution is 2.37. The average Bonchev–Trinajstić information content (AvgIpc) is 1.59. The highest BCUT2D eigenvalue weighted by molar-refractivity contribution is 14.1. The van der Waals surface area contributed by atoms with Crippen LogP contribution < -0.4 is 26.6 Å². The molecule has 0 aromatic heterocycles. The third-order valence-electron chi connectivity index (χ3n) is 21.6. The summed E-state index contributed by atoms with van der Waals surface area (Å²) in [4.78, 5) is 157. The standard InChI is InChI=1S/C80H126IN9O26/c1-18-44(8)62(54(110-16)37-58(95)89-35-25-28-53(89)66(111-17)45(9)69(99)82-46(10)67(49-26-21-19-22-27-49)115-78(76(107)108)116-68(47(11)92)75(105)106)87(14)74(104)60(42(4)5)86-72(102)61(43(6)7)88(15)79(109)113-39-48-30-32-50(33-31-48)83-70(100)52(40-112-77-65(98)64(97)63(96)55(38-91)114-77)84-71(101)59(41(2)3)85-56(93)29-23-20-24-34-90-57(94)36-51(73(90)103)80(12,13)81/h19,21-22,26-27,30-33,41-47,51-55,59-68,76-78,91-92,96-98,107-108H,18,20,23-25,28-29,34-40H2,1-17H3,(H,82,99)(H,83,100)(H,84,101)(H,85,93)(H,86,102)(H,105,106). The number of anilines is 1. The Morgan fingerprint density at radius 2 is 1.37 bits per heavy atom. The number of nitrogens with one attached hydrogen (secondary N) is 5. The number of likely N-dealkylation sites (tertiary alicyclic amines) is 2. The summed E-state index contributed by atoms with van der Waals surface area (Å²) < 4.78 is 40.0. The first-order valence-corrected chi connectivity index (χ1v) is 40.7. The van der Waals surface area contributed by atoms with Gasteiger partial charge in [-0.3, -0.25) is 53.0 Å². The molecule has 654 valence electrons. The summed E-state index contributed by atoms with van der Waals surface area (Å²) in [7, 11) is 5.82. The van der Waals surface area contributed by atoms with Crippen molar-refractivity contribution in [3.8, 4) is 0 Å². The van der Waals surface area contributed by atoms with Crippen LogP contribution in [0.1, 0.15) is 165 Å². The number of carbonyl (C=O) groups is 11. The largest absolute Gasteiger partial charge is 0.479 e. The van der Waals surface area contributed by atoms with E-state index < -0.39 is 210 Å². The van der Waals surface area contributed by atoms with E-state index in [1.165, 1.54) is 55.3 Å². The molecule has 5 rings (SSSR count). The van der Waals surface area contributed by atoms with Crippen LogP contribution in [-0.2, 0) is 87.7 Å². The zero-order chi connectivity index (χ0) is 87.1. The summed E-state index contributed by atoms with van der Waals surface area (Å²) in [6, 6.07) is 6.99. The van der Waals surface area contributed by atoms with E-state index in [4.69, 9.17) is 33.2 Å². The quantitative estimate of drug-likeness (QED) is 0.0149. The minimum atomic E-state index is -2.37. The molecule has 3 saturated heterocycles. The van der Waals surface area contributed by atoms with Crippen molar-refractivity contribution in [1.29, 1.82) is 0 Å². The van der Waals surface area contributed by atoms with Gasteiger partial charge in [-0.15, -0.1) is 0 Å². The number of halogens is 1. The molecular weight excluding hydrogens is 1630 g/mol. The first kappa shape index (κ1) is 99.4. The van der Waals surface area contributed by atoms with Crippen LogP contribution in [0.5, 0.6) is 0 Å². The highest BCUT2D eigenvalue weighted by atomic mass is 127. The third-order valence-corrected chi connectivity index (χ3v) is 22.4. The number of nitrogens with zero attached hydrogens (tertiary/aromatic N) is 4. The number of aliphatic hydroxyl groups excluding tert-OH is 6. The van der Waals surface area contributed by atoms with E-state index in [2.05, 4.69) is 49.2 Å². The number of hydrogen-bond acceptors (Lipinski definition) is 25. The van der Waals surface area contributed by atoms with E-state index in [0.717, 1.165) is 11.8 Å². The number of unbranched alkanes of at least 4 members (excludes halogenated alkanes) is 2. The van der Waals surface area contributed by atoms with Gasteiger partial charge in [-0.1, -0.05) is 154 Å². The van der Waals surface area contributed by atoms with Crippen LogP contribution in [0.4, 0.5) is 10.5 Å². The Labute approximate surface area is 692 Å². The average molecular weight is 1760 g/mol. The van der Waals surface area contributed by atoms with Crippen molar-refractivity contribution in [1.82, 2.24) is 40.9 Å². The number of alkyl halides is 1. The molecule has 0 saturated carbocycles. The number of amides is 10. The lowest BCUT2D eigenvalue weighted by Crippen LogP contribution is -2.60. The van der Waals surface area contributed by atoms with Crippen LogP contribution in [0.2, 0.25) is 0 Å². The first-order valence-electron chi connectivity index (χ1n) is 39.7.